The minimum absolute atomic E-state index is 0.0653. The van der Waals surface area contributed by atoms with Gasteiger partial charge in [0.25, 0.3) is 5.91 Å². The Morgan fingerprint density at radius 3 is 2.36 bits per heavy atom. The Labute approximate surface area is 160 Å². The van der Waals surface area contributed by atoms with Crippen LogP contribution in [-0.4, -0.2) is 22.4 Å². The van der Waals surface area contributed by atoms with Crippen molar-refractivity contribution >= 4 is 17.4 Å². The van der Waals surface area contributed by atoms with Crippen LogP contribution < -0.4 is 14.8 Å². The van der Waals surface area contributed by atoms with Gasteiger partial charge in [-0.25, -0.2) is 0 Å². The lowest BCUT2D eigenvalue weighted by Crippen LogP contribution is -2.20. The lowest BCUT2D eigenvalue weighted by atomic mass is 10.2. The van der Waals surface area contributed by atoms with Crippen LogP contribution in [0.1, 0.15) is 5.56 Å². The third-order valence-electron chi connectivity index (χ3n) is 3.68. The first-order chi connectivity index (χ1) is 13.5. The van der Waals surface area contributed by atoms with Gasteiger partial charge in [-0.1, -0.05) is 17.7 Å². The van der Waals surface area contributed by atoms with Crippen molar-refractivity contribution in [3.63, 3.8) is 0 Å². The molecule has 8 nitrogen and oxygen atoms in total. The Balaban J connectivity index is 1.54. The number of rotatable bonds is 7. The third kappa shape index (κ3) is 5.04. The average Bonchev–Trinajstić information content (AvgIpc) is 2.70. The SMILES string of the molecule is Cc1ccc(Oc2ccc(NC(=O)COc3cccnc3[N+](=O)[O-])cc2)cc1. The zero-order valence-electron chi connectivity index (χ0n) is 15.0. The predicted molar refractivity (Wildman–Crippen MR) is 103 cm³/mol. The number of benzene rings is 2. The summed E-state index contributed by atoms with van der Waals surface area (Å²) in [6.07, 6.45) is 1.28. The van der Waals surface area contributed by atoms with Gasteiger partial charge >= 0.3 is 5.82 Å². The molecule has 1 heterocycles. The summed E-state index contributed by atoms with van der Waals surface area (Å²) in [6, 6.07) is 17.4. The van der Waals surface area contributed by atoms with E-state index in [-0.39, 0.29) is 12.4 Å². The lowest BCUT2D eigenvalue weighted by Gasteiger charge is -2.09. The van der Waals surface area contributed by atoms with E-state index in [0.29, 0.717) is 17.2 Å². The van der Waals surface area contributed by atoms with E-state index in [1.165, 1.54) is 18.3 Å². The number of aryl methyl sites for hydroxylation is 1. The van der Waals surface area contributed by atoms with Gasteiger partial charge in [-0.05, 0) is 65.4 Å². The molecule has 0 radical (unpaired) electrons. The number of ether oxygens (including phenoxy) is 2. The molecule has 0 spiro atoms. The molecule has 28 heavy (non-hydrogen) atoms. The molecule has 0 saturated heterocycles. The van der Waals surface area contributed by atoms with E-state index in [2.05, 4.69) is 10.3 Å². The summed E-state index contributed by atoms with van der Waals surface area (Å²) in [6.45, 7) is 1.62. The maximum atomic E-state index is 12.0. The largest absolute Gasteiger partial charge is 0.476 e. The number of aromatic nitrogens is 1. The number of nitrogens with zero attached hydrogens (tertiary/aromatic N) is 2. The summed E-state index contributed by atoms with van der Waals surface area (Å²) in [7, 11) is 0. The monoisotopic (exact) mass is 379 g/mol. The highest BCUT2D eigenvalue weighted by Crippen LogP contribution is 2.24. The Kier molecular flexibility index (Phi) is 5.81. The van der Waals surface area contributed by atoms with Crippen LogP contribution in [0.5, 0.6) is 17.2 Å². The first-order valence-electron chi connectivity index (χ1n) is 8.38. The summed E-state index contributed by atoms with van der Waals surface area (Å²) < 4.78 is 10.9. The zero-order chi connectivity index (χ0) is 19.9. The highest BCUT2D eigenvalue weighted by molar-refractivity contribution is 5.91. The number of anilines is 1. The van der Waals surface area contributed by atoms with E-state index in [9.17, 15) is 14.9 Å². The van der Waals surface area contributed by atoms with Gasteiger partial charge in [0.2, 0.25) is 5.75 Å². The molecule has 1 amide bonds. The van der Waals surface area contributed by atoms with E-state index < -0.39 is 16.6 Å². The number of hydrogen-bond donors (Lipinski definition) is 1. The lowest BCUT2D eigenvalue weighted by molar-refractivity contribution is -0.390. The molecule has 2 aromatic carbocycles. The van der Waals surface area contributed by atoms with E-state index in [1.54, 1.807) is 24.3 Å². The molecule has 0 aliphatic heterocycles. The number of hydrogen-bond acceptors (Lipinski definition) is 6. The van der Waals surface area contributed by atoms with E-state index >= 15 is 0 Å². The van der Waals surface area contributed by atoms with E-state index in [0.717, 1.165) is 5.56 Å². The second kappa shape index (κ2) is 8.63. The highest BCUT2D eigenvalue weighted by Gasteiger charge is 2.16. The first kappa shape index (κ1) is 18.8. The number of amides is 1. The maximum absolute atomic E-state index is 12.0. The molecule has 3 rings (SSSR count). The number of carbonyl (C=O) groups excluding carboxylic acids is 1. The molecular formula is C20H17N3O5. The molecule has 0 aliphatic rings. The van der Waals surface area contributed by atoms with Gasteiger partial charge < -0.3 is 24.9 Å². The van der Waals surface area contributed by atoms with Crippen molar-refractivity contribution in [2.24, 2.45) is 0 Å². The van der Waals surface area contributed by atoms with Crippen molar-refractivity contribution in [3.05, 3.63) is 82.5 Å². The molecule has 0 aliphatic carbocycles. The number of carbonyl (C=O) groups is 1. The molecular weight excluding hydrogens is 362 g/mol. The van der Waals surface area contributed by atoms with Crippen molar-refractivity contribution in [2.45, 2.75) is 6.92 Å². The molecule has 142 valence electrons. The Morgan fingerprint density at radius 2 is 1.71 bits per heavy atom. The van der Waals surface area contributed by atoms with Crippen LogP contribution in [0.2, 0.25) is 0 Å². The van der Waals surface area contributed by atoms with Gasteiger partial charge in [0.05, 0.1) is 0 Å². The molecule has 1 aromatic heterocycles. The highest BCUT2D eigenvalue weighted by atomic mass is 16.6. The predicted octanol–water partition coefficient (Wildman–Crippen LogP) is 4.11. The Hall–Kier alpha value is -3.94. The van der Waals surface area contributed by atoms with Crippen LogP contribution in [-0.2, 0) is 4.79 Å². The maximum Gasteiger partial charge on any atom is 0.406 e. The van der Waals surface area contributed by atoms with Crippen LogP contribution in [0.3, 0.4) is 0 Å². The van der Waals surface area contributed by atoms with Crippen LogP contribution in [0.4, 0.5) is 11.5 Å². The summed E-state index contributed by atoms with van der Waals surface area (Å²) in [5.74, 6) is 0.390. The molecule has 0 unspecified atom stereocenters. The molecule has 0 fully saturated rings. The molecule has 1 N–H and O–H groups in total. The van der Waals surface area contributed by atoms with Gasteiger partial charge in [-0.2, -0.15) is 0 Å². The van der Waals surface area contributed by atoms with Crippen molar-refractivity contribution in [3.8, 4) is 17.2 Å². The van der Waals surface area contributed by atoms with E-state index in [4.69, 9.17) is 9.47 Å². The minimum Gasteiger partial charge on any atom is -0.476 e. The molecule has 0 atom stereocenters. The van der Waals surface area contributed by atoms with Gasteiger partial charge in [-0.3, -0.25) is 4.79 Å². The van der Waals surface area contributed by atoms with Gasteiger partial charge in [0.15, 0.2) is 6.61 Å². The van der Waals surface area contributed by atoms with Crippen LogP contribution >= 0.6 is 0 Å². The Bertz CT molecular complexity index is 972. The molecule has 0 bridgehead atoms. The van der Waals surface area contributed by atoms with Crippen LogP contribution in [0.25, 0.3) is 0 Å². The fourth-order valence-electron chi connectivity index (χ4n) is 2.32. The topological polar surface area (TPSA) is 104 Å². The van der Waals surface area contributed by atoms with Crippen molar-refractivity contribution in [1.82, 2.24) is 4.98 Å². The smallest absolute Gasteiger partial charge is 0.406 e. The van der Waals surface area contributed by atoms with Crippen molar-refractivity contribution < 1.29 is 19.2 Å². The van der Waals surface area contributed by atoms with Crippen molar-refractivity contribution in [1.29, 1.82) is 0 Å². The normalized spacial score (nSPS) is 10.2. The standard InChI is InChI=1S/C20H17N3O5/c1-14-4-8-16(9-5-14)28-17-10-6-15(7-11-17)22-19(24)13-27-18-3-2-12-21-20(18)23(25)26/h2-12H,13H2,1H3,(H,22,24). The fraction of sp³-hybridized carbons (Fsp3) is 0.100. The van der Waals surface area contributed by atoms with E-state index in [1.807, 2.05) is 31.2 Å². The minimum atomic E-state index is -0.667. The zero-order valence-corrected chi connectivity index (χ0v) is 15.0. The Morgan fingerprint density at radius 1 is 1.07 bits per heavy atom. The first-order valence-corrected chi connectivity index (χ1v) is 8.38. The number of pyridine rings is 1. The molecule has 8 heteroatoms. The van der Waals surface area contributed by atoms with Crippen LogP contribution in [0, 0.1) is 17.0 Å². The summed E-state index contributed by atoms with van der Waals surface area (Å²) in [5.41, 5.74) is 1.69. The van der Waals surface area contributed by atoms with Gasteiger partial charge in [-0.15, -0.1) is 0 Å². The molecule has 0 saturated carbocycles. The quantitative estimate of drug-likeness (QED) is 0.489. The number of nitro groups is 1. The van der Waals surface area contributed by atoms with Crippen LogP contribution in [0.15, 0.2) is 66.9 Å². The van der Waals surface area contributed by atoms with Gasteiger partial charge in [0.1, 0.15) is 17.7 Å². The third-order valence-corrected chi connectivity index (χ3v) is 3.68. The summed E-state index contributed by atoms with van der Waals surface area (Å²) in [4.78, 5) is 25.9. The average molecular weight is 379 g/mol. The summed E-state index contributed by atoms with van der Waals surface area (Å²) in [5, 5.41) is 13.5. The second-order valence-corrected chi connectivity index (χ2v) is 5.86. The number of nitrogens with one attached hydrogen (secondary N) is 1. The summed E-state index contributed by atoms with van der Waals surface area (Å²) >= 11 is 0. The molecule has 3 aromatic rings. The van der Waals surface area contributed by atoms with Gasteiger partial charge in [0, 0.05) is 5.69 Å². The second-order valence-electron chi connectivity index (χ2n) is 5.86. The fourth-order valence-corrected chi connectivity index (χ4v) is 2.32. The van der Waals surface area contributed by atoms with Crippen molar-refractivity contribution in [2.75, 3.05) is 11.9 Å².